The average molecular weight is 474 g/mol. The Morgan fingerprint density at radius 2 is 1.78 bits per heavy atom. The van der Waals surface area contributed by atoms with E-state index in [9.17, 15) is 14.9 Å². The van der Waals surface area contributed by atoms with Crippen molar-refractivity contribution >= 4 is 23.1 Å². The average Bonchev–Trinajstić information content (AvgIpc) is 3.14. The minimum Gasteiger partial charge on any atom is -0.384 e. The molecule has 3 heterocycles. The van der Waals surface area contributed by atoms with Crippen molar-refractivity contribution in [2.75, 3.05) is 9.80 Å². The molecule has 7 heteroatoms. The van der Waals surface area contributed by atoms with Crippen LogP contribution < -0.4 is 15.5 Å². The SMILES string of the molecule is N#CC1=C(N)N(c2cccnc2)C2=C(C(=O)CCC2)[C@]12C(=O)N(Cc1ccccc1)c1ccccc12. The van der Waals surface area contributed by atoms with Crippen LogP contribution in [0.5, 0.6) is 0 Å². The lowest BCUT2D eigenvalue weighted by molar-refractivity contribution is -0.124. The van der Waals surface area contributed by atoms with Crippen molar-refractivity contribution in [3.63, 3.8) is 0 Å². The Bertz CT molecular complexity index is 1500. The van der Waals surface area contributed by atoms with Crippen LogP contribution in [0, 0.1) is 11.3 Å². The molecule has 1 aliphatic carbocycles. The number of fused-ring (bicyclic) bond motifs is 3. The number of rotatable bonds is 3. The first-order valence-electron chi connectivity index (χ1n) is 11.9. The smallest absolute Gasteiger partial charge is 0.248 e. The third kappa shape index (κ3) is 2.88. The number of Topliss-reactive ketones (excluding diaryl/α,β-unsaturated/α-hetero) is 1. The van der Waals surface area contributed by atoms with Crippen LogP contribution in [0.1, 0.15) is 30.4 Å². The molecule has 2 aromatic carbocycles. The van der Waals surface area contributed by atoms with Crippen molar-refractivity contribution < 1.29 is 9.59 Å². The number of hydrogen-bond acceptors (Lipinski definition) is 6. The van der Waals surface area contributed by atoms with E-state index in [0.717, 1.165) is 5.56 Å². The highest BCUT2D eigenvalue weighted by Crippen LogP contribution is 2.56. The standard InChI is InChI=1S/C29H23N5O2/c30-16-22-27(31)34(20-10-7-15-32-17-20)24-13-6-14-25(35)26(24)29(22)21-11-4-5-12-23(21)33(28(29)36)18-19-8-2-1-3-9-19/h1-5,7-12,15,17H,6,13-14,18,31H2/t29-/m1/s1. The quantitative estimate of drug-likeness (QED) is 0.615. The summed E-state index contributed by atoms with van der Waals surface area (Å²) in [6, 6.07) is 23.0. The number of ketones is 1. The Balaban J connectivity index is 1.65. The number of carbonyl (C=O) groups excluding carboxylic acids is 2. The van der Waals surface area contributed by atoms with E-state index in [1.54, 1.807) is 28.3 Å². The van der Waals surface area contributed by atoms with Gasteiger partial charge in [0.2, 0.25) is 5.91 Å². The van der Waals surface area contributed by atoms with Crippen LogP contribution in [0.4, 0.5) is 11.4 Å². The summed E-state index contributed by atoms with van der Waals surface area (Å²) in [6.45, 7) is 0.320. The van der Waals surface area contributed by atoms with Gasteiger partial charge in [-0.25, -0.2) is 0 Å². The second-order valence-corrected chi connectivity index (χ2v) is 9.16. The van der Waals surface area contributed by atoms with Gasteiger partial charge in [-0.2, -0.15) is 5.26 Å². The van der Waals surface area contributed by atoms with Gasteiger partial charge in [-0.1, -0.05) is 48.5 Å². The molecule has 7 nitrogen and oxygen atoms in total. The van der Waals surface area contributed by atoms with E-state index in [1.807, 2.05) is 60.7 Å². The largest absolute Gasteiger partial charge is 0.384 e. The van der Waals surface area contributed by atoms with Gasteiger partial charge in [0.25, 0.3) is 0 Å². The van der Waals surface area contributed by atoms with E-state index < -0.39 is 5.41 Å². The van der Waals surface area contributed by atoms with Gasteiger partial charge in [0, 0.05) is 35.1 Å². The Kier molecular flexibility index (Phi) is 4.97. The zero-order valence-corrected chi connectivity index (χ0v) is 19.5. The van der Waals surface area contributed by atoms with E-state index in [0.29, 0.717) is 54.0 Å². The molecule has 2 aliphatic heterocycles. The number of carbonyl (C=O) groups is 2. The van der Waals surface area contributed by atoms with Gasteiger partial charge in [-0.05, 0) is 36.6 Å². The first-order valence-corrected chi connectivity index (χ1v) is 11.9. The number of nitrogens with zero attached hydrogens (tertiary/aromatic N) is 4. The Morgan fingerprint density at radius 3 is 2.53 bits per heavy atom. The molecule has 1 atom stereocenters. The van der Waals surface area contributed by atoms with Crippen molar-refractivity contribution in [3.05, 3.63) is 113 Å². The first-order chi connectivity index (χ1) is 17.6. The predicted molar refractivity (Wildman–Crippen MR) is 135 cm³/mol. The molecule has 1 spiro atoms. The summed E-state index contributed by atoms with van der Waals surface area (Å²) < 4.78 is 0. The minimum atomic E-state index is -1.57. The number of allylic oxidation sites excluding steroid dienone is 1. The van der Waals surface area contributed by atoms with Gasteiger partial charge >= 0.3 is 0 Å². The van der Waals surface area contributed by atoms with Crippen molar-refractivity contribution in [3.8, 4) is 6.07 Å². The monoisotopic (exact) mass is 473 g/mol. The van der Waals surface area contributed by atoms with Crippen molar-refractivity contribution in [2.45, 2.75) is 31.2 Å². The van der Waals surface area contributed by atoms with E-state index in [4.69, 9.17) is 5.73 Å². The number of benzene rings is 2. The number of nitriles is 1. The van der Waals surface area contributed by atoms with Crippen LogP contribution in [0.15, 0.2) is 102 Å². The molecule has 0 fully saturated rings. The molecule has 0 saturated heterocycles. The number of para-hydroxylation sites is 1. The third-order valence-electron chi connectivity index (χ3n) is 7.27. The maximum absolute atomic E-state index is 14.6. The second-order valence-electron chi connectivity index (χ2n) is 9.16. The van der Waals surface area contributed by atoms with E-state index >= 15 is 0 Å². The summed E-state index contributed by atoms with van der Waals surface area (Å²) in [7, 11) is 0. The molecule has 0 unspecified atom stereocenters. The molecule has 1 amide bonds. The van der Waals surface area contributed by atoms with Gasteiger partial charge in [-0.3, -0.25) is 19.5 Å². The summed E-state index contributed by atoms with van der Waals surface area (Å²) in [5.74, 6) is -0.292. The highest BCUT2D eigenvalue weighted by Gasteiger charge is 2.62. The molecule has 6 rings (SSSR count). The molecule has 0 saturated carbocycles. The molecule has 36 heavy (non-hydrogen) atoms. The molecular formula is C29H23N5O2. The van der Waals surface area contributed by atoms with Crippen LogP contribution >= 0.6 is 0 Å². The lowest BCUT2D eigenvalue weighted by Crippen LogP contribution is -2.52. The lowest BCUT2D eigenvalue weighted by Gasteiger charge is -2.43. The molecule has 0 radical (unpaired) electrons. The Morgan fingerprint density at radius 1 is 1.00 bits per heavy atom. The van der Waals surface area contributed by atoms with Gasteiger partial charge in [-0.15, -0.1) is 0 Å². The summed E-state index contributed by atoms with van der Waals surface area (Å²) >= 11 is 0. The molecular weight excluding hydrogens is 450 g/mol. The molecule has 3 aromatic rings. The normalized spacial score (nSPS) is 21.1. The maximum atomic E-state index is 14.6. The maximum Gasteiger partial charge on any atom is 0.248 e. The van der Waals surface area contributed by atoms with Gasteiger partial charge in [0.05, 0.1) is 24.0 Å². The predicted octanol–water partition coefficient (Wildman–Crippen LogP) is 4.09. The van der Waals surface area contributed by atoms with Crippen molar-refractivity contribution in [1.82, 2.24) is 4.98 Å². The lowest BCUT2D eigenvalue weighted by atomic mass is 9.64. The number of hydrogen-bond donors (Lipinski definition) is 1. The van der Waals surface area contributed by atoms with E-state index in [2.05, 4.69) is 11.1 Å². The highest BCUT2D eigenvalue weighted by atomic mass is 16.2. The zero-order valence-electron chi connectivity index (χ0n) is 19.5. The van der Waals surface area contributed by atoms with Crippen LogP contribution in [0.2, 0.25) is 0 Å². The van der Waals surface area contributed by atoms with E-state index in [-0.39, 0.29) is 23.1 Å². The van der Waals surface area contributed by atoms with Gasteiger partial charge in [0.15, 0.2) is 5.78 Å². The summed E-state index contributed by atoms with van der Waals surface area (Å²) in [4.78, 5) is 35.9. The molecule has 0 bridgehead atoms. The Labute approximate surface area is 208 Å². The van der Waals surface area contributed by atoms with E-state index in [1.165, 1.54) is 0 Å². The highest BCUT2D eigenvalue weighted by molar-refractivity contribution is 6.20. The van der Waals surface area contributed by atoms with Crippen LogP contribution in [0.25, 0.3) is 0 Å². The fraction of sp³-hybridized carbons (Fsp3) is 0.172. The number of aromatic nitrogens is 1. The third-order valence-corrected chi connectivity index (χ3v) is 7.27. The number of amides is 1. The topological polar surface area (TPSA) is 103 Å². The van der Waals surface area contributed by atoms with Crippen LogP contribution in [-0.4, -0.2) is 16.7 Å². The van der Waals surface area contributed by atoms with Gasteiger partial charge < -0.3 is 10.6 Å². The Hall–Kier alpha value is -4.70. The van der Waals surface area contributed by atoms with Gasteiger partial charge in [0.1, 0.15) is 17.3 Å². The summed E-state index contributed by atoms with van der Waals surface area (Å²) in [5.41, 5.74) is 9.17. The van der Waals surface area contributed by atoms with Crippen LogP contribution in [-0.2, 0) is 21.5 Å². The first kappa shape index (κ1) is 21.8. The summed E-state index contributed by atoms with van der Waals surface area (Å²) in [5, 5.41) is 10.5. The van der Waals surface area contributed by atoms with Crippen molar-refractivity contribution in [1.29, 1.82) is 5.26 Å². The van der Waals surface area contributed by atoms with Crippen molar-refractivity contribution in [2.24, 2.45) is 5.73 Å². The fourth-order valence-electron chi connectivity index (χ4n) is 5.83. The summed E-state index contributed by atoms with van der Waals surface area (Å²) in [6.07, 6.45) is 4.82. The number of pyridine rings is 1. The molecule has 2 N–H and O–H groups in total. The molecule has 3 aliphatic rings. The minimum absolute atomic E-state index is 0.0772. The molecule has 176 valence electrons. The fourth-order valence-corrected chi connectivity index (χ4v) is 5.83. The number of anilines is 2. The molecule has 1 aromatic heterocycles. The van der Waals surface area contributed by atoms with Crippen LogP contribution in [0.3, 0.4) is 0 Å². The zero-order chi connectivity index (χ0) is 24.9. The second kappa shape index (κ2) is 8.21. The number of nitrogens with two attached hydrogens (primary N) is 1.